The van der Waals surface area contributed by atoms with Gasteiger partial charge in [0, 0.05) is 17.6 Å². The van der Waals surface area contributed by atoms with Gasteiger partial charge in [0.2, 0.25) is 5.91 Å². The fourth-order valence-electron chi connectivity index (χ4n) is 4.19. The zero-order valence-corrected chi connectivity index (χ0v) is 17.1. The maximum atomic E-state index is 12.6. The van der Waals surface area contributed by atoms with Gasteiger partial charge in [-0.2, -0.15) is 0 Å². The maximum absolute atomic E-state index is 12.6. The zero-order valence-electron chi connectivity index (χ0n) is 15.5. The van der Waals surface area contributed by atoms with Crippen molar-refractivity contribution in [3.8, 4) is 0 Å². The summed E-state index contributed by atoms with van der Waals surface area (Å²) in [6.45, 7) is 0.535. The van der Waals surface area contributed by atoms with Crippen molar-refractivity contribution < 1.29 is 9.59 Å². The van der Waals surface area contributed by atoms with Crippen LogP contribution in [-0.2, 0) is 4.79 Å². The van der Waals surface area contributed by atoms with E-state index in [-0.39, 0.29) is 42.1 Å². The van der Waals surface area contributed by atoms with Crippen molar-refractivity contribution >= 4 is 41.5 Å². The van der Waals surface area contributed by atoms with Gasteiger partial charge in [0.25, 0.3) is 5.91 Å². The van der Waals surface area contributed by atoms with Gasteiger partial charge >= 0.3 is 0 Å². The lowest BCUT2D eigenvalue weighted by molar-refractivity contribution is -0.120. The molecule has 2 aliphatic rings. The van der Waals surface area contributed by atoms with Gasteiger partial charge in [-0.1, -0.05) is 37.3 Å². The predicted molar refractivity (Wildman–Crippen MR) is 112 cm³/mol. The van der Waals surface area contributed by atoms with Gasteiger partial charge in [-0.05, 0) is 56.3 Å². The molecule has 3 rings (SSSR count). The molecule has 1 aromatic carbocycles. The highest BCUT2D eigenvalue weighted by Crippen LogP contribution is 2.32. The van der Waals surface area contributed by atoms with Gasteiger partial charge in [0.05, 0.1) is 10.6 Å². The normalized spacial score (nSPS) is 22.7. The number of anilines is 1. The molecule has 0 saturated heterocycles. The lowest BCUT2D eigenvalue weighted by Crippen LogP contribution is -2.36. The van der Waals surface area contributed by atoms with E-state index >= 15 is 0 Å². The highest BCUT2D eigenvalue weighted by molar-refractivity contribution is 6.34. The second-order valence-corrected chi connectivity index (χ2v) is 7.93. The largest absolute Gasteiger partial charge is 0.349 e. The van der Waals surface area contributed by atoms with Crippen molar-refractivity contribution in [2.45, 2.75) is 57.4 Å². The van der Waals surface area contributed by atoms with Gasteiger partial charge in [0.15, 0.2) is 0 Å². The van der Waals surface area contributed by atoms with Crippen LogP contribution in [-0.4, -0.2) is 24.4 Å². The summed E-state index contributed by atoms with van der Waals surface area (Å²) in [6.07, 6.45) is 8.48. The minimum atomic E-state index is -0.168. The van der Waals surface area contributed by atoms with Gasteiger partial charge < -0.3 is 16.4 Å². The van der Waals surface area contributed by atoms with Gasteiger partial charge in [-0.25, -0.2) is 0 Å². The average Bonchev–Trinajstić information content (AvgIpc) is 3.13. The summed E-state index contributed by atoms with van der Waals surface area (Å²) in [5.41, 5.74) is 6.80. The molecular formula is C20H29Cl2N3O2. The molecule has 4 N–H and O–H groups in total. The van der Waals surface area contributed by atoms with Crippen LogP contribution in [0.5, 0.6) is 0 Å². The van der Waals surface area contributed by atoms with Gasteiger partial charge in [0.1, 0.15) is 0 Å². The van der Waals surface area contributed by atoms with E-state index in [0.29, 0.717) is 22.8 Å². The standard InChI is InChI=1S/C20H28ClN3O2.ClH/c21-18-10-9-15(24-19(25)16-8-4-5-13(16)12-22)11-17(18)20(26)23-14-6-2-1-3-7-14;/h9-11,13-14,16H,1-8,12,22H2,(H,23,26)(H,24,25);1H/t13-,16-;/m1./s1. The molecule has 2 saturated carbocycles. The quantitative estimate of drug-likeness (QED) is 0.677. The van der Waals surface area contributed by atoms with E-state index in [2.05, 4.69) is 10.6 Å². The molecule has 2 aliphatic carbocycles. The molecule has 5 nitrogen and oxygen atoms in total. The average molecular weight is 414 g/mol. The van der Waals surface area contributed by atoms with Crippen LogP contribution in [0.25, 0.3) is 0 Å². The van der Waals surface area contributed by atoms with Crippen molar-refractivity contribution in [1.82, 2.24) is 5.32 Å². The van der Waals surface area contributed by atoms with Crippen LogP contribution in [0.4, 0.5) is 5.69 Å². The SMILES string of the molecule is Cl.NC[C@H]1CCC[C@H]1C(=O)Nc1ccc(Cl)c(C(=O)NC2CCCCC2)c1. The molecule has 0 radical (unpaired) electrons. The number of amides is 2. The van der Waals surface area contributed by atoms with Crippen LogP contribution >= 0.6 is 24.0 Å². The third-order valence-electron chi connectivity index (χ3n) is 5.72. The third-order valence-corrected chi connectivity index (χ3v) is 6.05. The second-order valence-electron chi connectivity index (χ2n) is 7.53. The van der Waals surface area contributed by atoms with Crippen LogP contribution in [0.15, 0.2) is 18.2 Å². The highest BCUT2D eigenvalue weighted by Gasteiger charge is 2.32. The number of carbonyl (C=O) groups excluding carboxylic acids is 2. The molecule has 150 valence electrons. The molecular weight excluding hydrogens is 385 g/mol. The Bertz CT molecular complexity index is 663. The molecule has 2 fully saturated rings. The van der Waals surface area contributed by atoms with Crippen molar-refractivity contribution in [2.75, 3.05) is 11.9 Å². The Labute approximate surface area is 172 Å². The Morgan fingerprint density at radius 1 is 1.07 bits per heavy atom. The third kappa shape index (κ3) is 5.59. The topological polar surface area (TPSA) is 84.2 Å². The first-order chi connectivity index (χ1) is 12.6. The minimum absolute atomic E-state index is 0. The number of carbonyl (C=O) groups is 2. The second kappa shape index (κ2) is 10.3. The van der Waals surface area contributed by atoms with Crippen molar-refractivity contribution in [3.05, 3.63) is 28.8 Å². The molecule has 0 bridgehead atoms. The molecule has 7 heteroatoms. The van der Waals surface area contributed by atoms with Crippen molar-refractivity contribution in [2.24, 2.45) is 17.6 Å². The van der Waals surface area contributed by atoms with Gasteiger partial charge in [-0.3, -0.25) is 9.59 Å². The summed E-state index contributed by atoms with van der Waals surface area (Å²) in [5, 5.41) is 6.42. The number of rotatable bonds is 5. The fraction of sp³-hybridized carbons (Fsp3) is 0.600. The summed E-state index contributed by atoms with van der Waals surface area (Å²) in [4.78, 5) is 25.2. The van der Waals surface area contributed by atoms with Crippen LogP contribution < -0.4 is 16.4 Å². The van der Waals surface area contributed by atoms with E-state index in [9.17, 15) is 9.59 Å². The van der Waals surface area contributed by atoms with Crippen LogP contribution in [0.3, 0.4) is 0 Å². The van der Waals surface area contributed by atoms with Crippen molar-refractivity contribution in [1.29, 1.82) is 0 Å². The molecule has 1 aromatic rings. The zero-order chi connectivity index (χ0) is 18.5. The molecule has 0 aromatic heterocycles. The highest BCUT2D eigenvalue weighted by atomic mass is 35.5. The first-order valence-corrected chi connectivity index (χ1v) is 10.1. The molecule has 0 aliphatic heterocycles. The first-order valence-electron chi connectivity index (χ1n) is 9.70. The Hall–Kier alpha value is -1.30. The lowest BCUT2D eigenvalue weighted by Gasteiger charge is -2.23. The Kier molecular flexibility index (Phi) is 8.39. The Balaban J connectivity index is 0.00000261. The number of nitrogens with two attached hydrogens (primary N) is 1. The molecule has 27 heavy (non-hydrogen) atoms. The minimum Gasteiger partial charge on any atom is -0.349 e. The van der Waals surface area contributed by atoms with Crippen LogP contribution in [0, 0.1) is 11.8 Å². The predicted octanol–water partition coefficient (Wildman–Crippen LogP) is 4.14. The molecule has 0 unspecified atom stereocenters. The number of halogens is 2. The van der Waals surface area contributed by atoms with E-state index in [1.54, 1.807) is 18.2 Å². The fourth-order valence-corrected chi connectivity index (χ4v) is 4.39. The number of hydrogen-bond donors (Lipinski definition) is 3. The first kappa shape index (κ1) is 22.0. The molecule has 2 amide bonds. The summed E-state index contributed by atoms with van der Waals surface area (Å²) >= 11 is 6.23. The number of hydrogen-bond acceptors (Lipinski definition) is 3. The lowest BCUT2D eigenvalue weighted by atomic mass is 9.95. The van der Waals surface area contributed by atoms with Gasteiger partial charge in [-0.15, -0.1) is 12.4 Å². The van der Waals surface area contributed by atoms with E-state index in [1.165, 1.54) is 6.42 Å². The van der Waals surface area contributed by atoms with E-state index in [0.717, 1.165) is 44.9 Å². The summed E-state index contributed by atoms with van der Waals surface area (Å²) in [6, 6.07) is 5.30. The smallest absolute Gasteiger partial charge is 0.253 e. The van der Waals surface area contributed by atoms with Crippen molar-refractivity contribution in [3.63, 3.8) is 0 Å². The maximum Gasteiger partial charge on any atom is 0.253 e. The van der Waals surface area contributed by atoms with E-state index < -0.39 is 0 Å². The molecule has 0 spiro atoms. The Morgan fingerprint density at radius 2 is 1.81 bits per heavy atom. The summed E-state index contributed by atoms with van der Waals surface area (Å²) < 4.78 is 0. The van der Waals surface area contributed by atoms with Crippen LogP contribution in [0.2, 0.25) is 5.02 Å². The number of benzene rings is 1. The Morgan fingerprint density at radius 3 is 2.52 bits per heavy atom. The monoisotopic (exact) mass is 413 g/mol. The number of nitrogens with one attached hydrogen (secondary N) is 2. The van der Waals surface area contributed by atoms with Crippen LogP contribution in [0.1, 0.15) is 61.7 Å². The molecule has 2 atom stereocenters. The summed E-state index contributed by atoms with van der Waals surface area (Å²) in [7, 11) is 0. The van der Waals surface area contributed by atoms with E-state index in [4.69, 9.17) is 17.3 Å². The van der Waals surface area contributed by atoms with E-state index in [1.807, 2.05) is 0 Å². The summed E-state index contributed by atoms with van der Waals surface area (Å²) in [5.74, 6) is 0.0178. The molecule has 0 heterocycles.